The summed E-state index contributed by atoms with van der Waals surface area (Å²) in [6.45, 7) is 0.336. The Kier molecular flexibility index (Phi) is 4.04. The largest absolute Gasteiger partial charge is 0.486 e. The highest BCUT2D eigenvalue weighted by atomic mass is 79.9. The fraction of sp³-hybridized carbons (Fsp3) is 0.154. The topological polar surface area (TPSA) is 48.7 Å². The lowest BCUT2D eigenvalue weighted by molar-refractivity contribution is 0.0600. The molecule has 0 radical (unpaired) electrons. The molecular formula is C13H11BrO4. The van der Waals surface area contributed by atoms with Crippen LogP contribution in [0.15, 0.2) is 45.5 Å². The summed E-state index contributed by atoms with van der Waals surface area (Å²) in [6, 6.07) is 10.4. The molecule has 0 atom stereocenters. The van der Waals surface area contributed by atoms with E-state index in [0.29, 0.717) is 22.6 Å². The molecule has 18 heavy (non-hydrogen) atoms. The summed E-state index contributed by atoms with van der Waals surface area (Å²) in [5.41, 5.74) is 0.491. The molecule has 4 nitrogen and oxygen atoms in total. The van der Waals surface area contributed by atoms with Crippen LogP contribution in [0.3, 0.4) is 0 Å². The smallest absolute Gasteiger partial charge is 0.337 e. The second-order valence-corrected chi connectivity index (χ2v) is 4.29. The maximum absolute atomic E-state index is 11.2. The molecule has 0 saturated carbocycles. The fourth-order valence-electron chi connectivity index (χ4n) is 1.39. The molecule has 0 unspecified atom stereocenters. The van der Waals surface area contributed by atoms with Crippen molar-refractivity contribution in [2.45, 2.75) is 6.61 Å². The average Bonchev–Trinajstić information content (AvgIpc) is 2.82. The first-order valence-electron chi connectivity index (χ1n) is 5.24. The first-order valence-corrected chi connectivity index (χ1v) is 6.04. The quantitative estimate of drug-likeness (QED) is 0.812. The minimum absolute atomic E-state index is 0.336. The Hall–Kier alpha value is -1.75. The Morgan fingerprint density at radius 2 is 1.94 bits per heavy atom. The van der Waals surface area contributed by atoms with E-state index in [4.69, 9.17) is 9.15 Å². The van der Waals surface area contributed by atoms with Gasteiger partial charge < -0.3 is 13.9 Å². The van der Waals surface area contributed by atoms with Crippen molar-refractivity contribution in [1.29, 1.82) is 0 Å². The van der Waals surface area contributed by atoms with Gasteiger partial charge in [-0.3, -0.25) is 0 Å². The van der Waals surface area contributed by atoms with Crippen molar-refractivity contribution >= 4 is 21.9 Å². The van der Waals surface area contributed by atoms with Crippen molar-refractivity contribution in [2.75, 3.05) is 7.11 Å². The van der Waals surface area contributed by atoms with E-state index in [1.54, 1.807) is 30.3 Å². The maximum atomic E-state index is 11.2. The van der Waals surface area contributed by atoms with E-state index in [-0.39, 0.29) is 5.97 Å². The highest BCUT2D eigenvalue weighted by Crippen LogP contribution is 2.18. The number of halogens is 1. The lowest BCUT2D eigenvalue weighted by Crippen LogP contribution is -2.01. The predicted molar refractivity (Wildman–Crippen MR) is 68.5 cm³/mol. The number of furan rings is 1. The van der Waals surface area contributed by atoms with Gasteiger partial charge in [0, 0.05) is 0 Å². The molecule has 0 N–H and O–H groups in total. The Morgan fingerprint density at radius 1 is 1.22 bits per heavy atom. The van der Waals surface area contributed by atoms with Crippen LogP contribution in [0.5, 0.6) is 5.75 Å². The number of benzene rings is 1. The molecule has 0 saturated heterocycles. The summed E-state index contributed by atoms with van der Waals surface area (Å²) in [6.07, 6.45) is 0. The average molecular weight is 311 g/mol. The first-order chi connectivity index (χ1) is 8.69. The van der Waals surface area contributed by atoms with Gasteiger partial charge in [0.25, 0.3) is 0 Å². The minimum Gasteiger partial charge on any atom is -0.486 e. The Balaban J connectivity index is 1.96. The van der Waals surface area contributed by atoms with Crippen molar-refractivity contribution < 1.29 is 18.7 Å². The highest BCUT2D eigenvalue weighted by Gasteiger charge is 2.05. The van der Waals surface area contributed by atoms with E-state index >= 15 is 0 Å². The van der Waals surface area contributed by atoms with E-state index in [2.05, 4.69) is 20.7 Å². The van der Waals surface area contributed by atoms with Gasteiger partial charge in [-0.2, -0.15) is 0 Å². The Bertz CT molecular complexity index is 530. The summed E-state index contributed by atoms with van der Waals surface area (Å²) in [7, 11) is 1.35. The van der Waals surface area contributed by atoms with Crippen LogP contribution in [0.4, 0.5) is 0 Å². The SMILES string of the molecule is COC(=O)c1ccc(OCc2ccc(Br)o2)cc1. The van der Waals surface area contributed by atoms with E-state index < -0.39 is 0 Å². The molecule has 2 aromatic rings. The Labute approximate surface area is 113 Å². The minimum atomic E-state index is -0.364. The van der Waals surface area contributed by atoms with Crippen LogP contribution in [-0.4, -0.2) is 13.1 Å². The molecule has 0 amide bonds. The zero-order valence-electron chi connectivity index (χ0n) is 9.68. The van der Waals surface area contributed by atoms with Crippen LogP contribution in [0.25, 0.3) is 0 Å². The third kappa shape index (κ3) is 3.13. The molecular weight excluding hydrogens is 300 g/mol. The number of carbonyl (C=O) groups is 1. The predicted octanol–water partition coefficient (Wildman–Crippen LogP) is 3.41. The molecule has 0 bridgehead atoms. The first kappa shape index (κ1) is 12.7. The molecule has 2 rings (SSSR count). The molecule has 0 aliphatic heterocycles. The van der Waals surface area contributed by atoms with Gasteiger partial charge in [0.15, 0.2) is 4.67 Å². The van der Waals surface area contributed by atoms with Crippen LogP contribution in [-0.2, 0) is 11.3 Å². The van der Waals surface area contributed by atoms with Gasteiger partial charge in [0.2, 0.25) is 0 Å². The van der Waals surface area contributed by atoms with Gasteiger partial charge >= 0.3 is 5.97 Å². The third-order valence-corrected chi connectivity index (χ3v) is 2.71. The molecule has 1 aromatic heterocycles. The second-order valence-electron chi connectivity index (χ2n) is 3.51. The van der Waals surface area contributed by atoms with Crippen molar-refractivity contribution in [1.82, 2.24) is 0 Å². The van der Waals surface area contributed by atoms with Crippen LogP contribution in [0.2, 0.25) is 0 Å². The van der Waals surface area contributed by atoms with Crippen LogP contribution in [0, 0.1) is 0 Å². The molecule has 5 heteroatoms. The van der Waals surface area contributed by atoms with Crippen LogP contribution < -0.4 is 4.74 Å². The van der Waals surface area contributed by atoms with E-state index in [9.17, 15) is 4.79 Å². The van der Waals surface area contributed by atoms with Crippen LogP contribution in [0.1, 0.15) is 16.1 Å². The summed E-state index contributed by atoms with van der Waals surface area (Å²) in [5, 5.41) is 0. The van der Waals surface area contributed by atoms with Crippen molar-refractivity contribution in [3.63, 3.8) is 0 Å². The monoisotopic (exact) mass is 310 g/mol. The second kappa shape index (κ2) is 5.73. The number of methoxy groups -OCH3 is 1. The molecule has 1 aromatic carbocycles. The number of rotatable bonds is 4. The van der Waals surface area contributed by atoms with Gasteiger partial charge in [-0.15, -0.1) is 0 Å². The van der Waals surface area contributed by atoms with Crippen LogP contribution >= 0.6 is 15.9 Å². The Morgan fingerprint density at radius 3 is 2.50 bits per heavy atom. The highest BCUT2D eigenvalue weighted by molar-refractivity contribution is 9.10. The summed E-state index contributed by atoms with van der Waals surface area (Å²) >= 11 is 3.22. The molecule has 0 fully saturated rings. The van der Waals surface area contributed by atoms with E-state index in [1.165, 1.54) is 7.11 Å². The van der Waals surface area contributed by atoms with Gasteiger partial charge in [0.05, 0.1) is 12.7 Å². The number of carbonyl (C=O) groups excluding carboxylic acids is 1. The summed E-state index contributed by atoms with van der Waals surface area (Å²) in [5.74, 6) is 1.02. The van der Waals surface area contributed by atoms with E-state index in [0.717, 1.165) is 5.76 Å². The number of hydrogen-bond acceptors (Lipinski definition) is 4. The zero-order chi connectivity index (χ0) is 13.0. The van der Waals surface area contributed by atoms with Gasteiger partial charge in [-0.25, -0.2) is 4.79 Å². The van der Waals surface area contributed by atoms with Gasteiger partial charge in [0.1, 0.15) is 18.1 Å². The molecule has 0 aliphatic rings. The maximum Gasteiger partial charge on any atom is 0.337 e. The third-order valence-electron chi connectivity index (χ3n) is 2.29. The number of hydrogen-bond donors (Lipinski definition) is 0. The zero-order valence-corrected chi connectivity index (χ0v) is 11.3. The lowest BCUT2D eigenvalue weighted by atomic mass is 10.2. The molecule has 0 aliphatic carbocycles. The van der Waals surface area contributed by atoms with E-state index in [1.807, 2.05) is 6.07 Å². The van der Waals surface area contributed by atoms with Gasteiger partial charge in [-0.1, -0.05) is 0 Å². The number of esters is 1. The molecule has 1 heterocycles. The molecule has 94 valence electrons. The summed E-state index contributed by atoms with van der Waals surface area (Å²) in [4.78, 5) is 11.2. The standard InChI is InChI=1S/C13H11BrO4/c1-16-13(15)9-2-4-10(5-3-9)17-8-11-6-7-12(14)18-11/h2-7H,8H2,1H3. The number of ether oxygens (including phenoxy) is 2. The van der Waals surface area contributed by atoms with Gasteiger partial charge in [-0.05, 0) is 52.3 Å². The van der Waals surface area contributed by atoms with Crippen molar-refractivity contribution in [3.8, 4) is 5.75 Å². The normalized spacial score (nSPS) is 10.1. The van der Waals surface area contributed by atoms with Crippen molar-refractivity contribution in [2.24, 2.45) is 0 Å². The fourth-order valence-corrected chi connectivity index (χ4v) is 1.73. The lowest BCUT2D eigenvalue weighted by Gasteiger charge is -2.05. The summed E-state index contributed by atoms with van der Waals surface area (Å²) < 4.78 is 16.1. The van der Waals surface area contributed by atoms with Crippen molar-refractivity contribution in [3.05, 3.63) is 52.4 Å². The molecule has 0 spiro atoms.